The van der Waals surface area contributed by atoms with Crippen LogP contribution in [0.25, 0.3) is 0 Å². The van der Waals surface area contributed by atoms with Crippen molar-refractivity contribution in [2.75, 3.05) is 12.3 Å². The molecule has 3 nitrogen and oxygen atoms in total. The van der Waals surface area contributed by atoms with Crippen LogP contribution in [0.5, 0.6) is 0 Å². The van der Waals surface area contributed by atoms with E-state index >= 15 is 0 Å². The van der Waals surface area contributed by atoms with Crippen molar-refractivity contribution in [3.63, 3.8) is 0 Å². The minimum atomic E-state index is -1.57. The topological polar surface area (TPSA) is 60.7 Å². The largest absolute Gasteiger partial charge is 0.387 e. The first-order valence-corrected chi connectivity index (χ1v) is 11.3. The zero-order valence-corrected chi connectivity index (χ0v) is 18.4. The second-order valence-electron chi connectivity index (χ2n) is 6.78. The Bertz CT molecular complexity index is 231. The summed E-state index contributed by atoms with van der Waals surface area (Å²) in [4.78, 5) is 0. The Morgan fingerprint density at radius 2 is 1.00 bits per heavy atom. The SMILES string of the molecule is Br.CCCCCCCCCCCCCCCCPCC(O)C(O)O. The highest BCUT2D eigenvalue weighted by atomic mass is 79.9. The predicted octanol–water partition coefficient (Wildman–Crippen LogP) is 5.40. The van der Waals surface area contributed by atoms with Crippen LogP contribution in [0, 0.1) is 0 Å². The molecule has 0 aliphatic carbocycles. The highest BCUT2D eigenvalue weighted by Gasteiger charge is 2.11. The van der Waals surface area contributed by atoms with Crippen molar-refractivity contribution in [2.45, 2.75) is 109 Å². The molecule has 2 unspecified atom stereocenters. The van der Waals surface area contributed by atoms with Gasteiger partial charge in [0.25, 0.3) is 0 Å². The number of halogens is 1. The Balaban J connectivity index is 0. The Hall–Kier alpha value is 0.790. The van der Waals surface area contributed by atoms with E-state index in [2.05, 4.69) is 6.92 Å². The minimum Gasteiger partial charge on any atom is -0.387 e. The standard InChI is InChI=1S/C19H41O3P.BrH/c1-2-3-4-5-6-7-8-9-10-11-12-13-14-15-16-23-17-18(20)19(21)22;/h18-23H,2-17H2,1H3;1H. The van der Waals surface area contributed by atoms with E-state index in [0.29, 0.717) is 14.7 Å². The van der Waals surface area contributed by atoms with E-state index in [9.17, 15) is 5.11 Å². The average Bonchev–Trinajstić information content (AvgIpc) is 2.54. The summed E-state index contributed by atoms with van der Waals surface area (Å²) in [5, 5.41) is 26.8. The normalized spacial score (nSPS) is 12.9. The Kier molecular flexibility index (Phi) is 24.6. The smallest absolute Gasteiger partial charge is 0.178 e. The van der Waals surface area contributed by atoms with Gasteiger partial charge in [0.05, 0.1) is 0 Å². The molecule has 2 atom stereocenters. The Morgan fingerprint density at radius 1 is 0.625 bits per heavy atom. The Morgan fingerprint density at radius 3 is 1.38 bits per heavy atom. The fourth-order valence-electron chi connectivity index (χ4n) is 2.80. The predicted molar refractivity (Wildman–Crippen MR) is 113 cm³/mol. The molecule has 0 aromatic rings. The summed E-state index contributed by atoms with van der Waals surface area (Å²) in [6, 6.07) is 0. The quantitative estimate of drug-likeness (QED) is 0.155. The second kappa shape index (κ2) is 21.8. The molecule has 0 saturated heterocycles. The molecular formula is C19H42BrO3P. The number of aliphatic hydroxyl groups is 3. The summed E-state index contributed by atoms with van der Waals surface area (Å²) >= 11 is 0. The first kappa shape index (κ1) is 27.0. The molecule has 0 radical (unpaired) electrons. The van der Waals surface area contributed by atoms with Gasteiger partial charge in [-0.15, -0.1) is 25.6 Å². The second-order valence-corrected chi connectivity index (χ2v) is 8.19. The van der Waals surface area contributed by atoms with Crippen molar-refractivity contribution in [1.29, 1.82) is 0 Å². The molecule has 0 aliphatic heterocycles. The maximum absolute atomic E-state index is 9.25. The van der Waals surface area contributed by atoms with Gasteiger partial charge in [-0.05, 0) is 18.7 Å². The van der Waals surface area contributed by atoms with Gasteiger partial charge in [-0.1, -0.05) is 90.4 Å². The van der Waals surface area contributed by atoms with Crippen molar-refractivity contribution >= 4 is 25.6 Å². The van der Waals surface area contributed by atoms with Crippen LogP contribution in [0.4, 0.5) is 0 Å². The third kappa shape index (κ3) is 20.8. The summed E-state index contributed by atoms with van der Waals surface area (Å²) in [5.41, 5.74) is 0. The number of unbranched alkanes of at least 4 members (excludes halogenated alkanes) is 13. The lowest BCUT2D eigenvalue weighted by Crippen LogP contribution is -2.27. The molecule has 0 aromatic heterocycles. The molecule has 0 amide bonds. The van der Waals surface area contributed by atoms with Crippen molar-refractivity contribution in [3.05, 3.63) is 0 Å². The van der Waals surface area contributed by atoms with Gasteiger partial charge in [-0.2, -0.15) is 0 Å². The van der Waals surface area contributed by atoms with Crippen LogP contribution < -0.4 is 0 Å². The van der Waals surface area contributed by atoms with E-state index in [1.807, 2.05) is 0 Å². The van der Waals surface area contributed by atoms with Gasteiger partial charge >= 0.3 is 0 Å². The molecule has 0 saturated carbocycles. The van der Waals surface area contributed by atoms with Crippen molar-refractivity contribution in [1.82, 2.24) is 0 Å². The summed E-state index contributed by atoms with van der Waals surface area (Å²) in [5.74, 6) is 0. The monoisotopic (exact) mass is 428 g/mol. The third-order valence-corrected chi connectivity index (χ3v) is 5.82. The maximum Gasteiger partial charge on any atom is 0.178 e. The molecule has 0 spiro atoms. The van der Waals surface area contributed by atoms with Gasteiger partial charge in [0.1, 0.15) is 6.10 Å². The summed E-state index contributed by atoms with van der Waals surface area (Å²) in [6.45, 7) is 2.27. The van der Waals surface area contributed by atoms with Gasteiger partial charge in [-0.25, -0.2) is 0 Å². The maximum atomic E-state index is 9.25. The molecule has 148 valence electrons. The fraction of sp³-hybridized carbons (Fsp3) is 1.00. The third-order valence-electron chi connectivity index (χ3n) is 4.40. The highest BCUT2D eigenvalue weighted by molar-refractivity contribution is 8.93. The molecule has 0 fully saturated rings. The van der Waals surface area contributed by atoms with Crippen LogP contribution in [0.3, 0.4) is 0 Å². The molecule has 5 heteroatoms. The summed E-state index contributed by atoms with van der Waals surface area (Å²) in [7, 11) is 0.647. The first-order chi connectivity index (χ1) is 11.2. The van der Waals surface area contributed by atoms with Gasteiger partial charge in [0.15, 0.2) is 6.29 Å². The van der Waals surface area contributed by atoms with Crippen LogP contribution in [-0.4, -0.2) is 40.0 Å². The van der Waals surface area contributed by atoms with Crippen LogP contribution in [0.1, 0.15) is 96.8 Å². The molecular weight excluding hydrogens is 387 g/mol. The van der Waals surface area contributed by atoms with Gasteiger partial charge in [0, 0.05) is 0 Å². The van der Waals surface area contributed by atoms with E-state index < -0.39 is 12.4 Å². The number of hydrogen-bond acceptors (Lipinski definition) is 3. The Labute approximate surface area is 162 Å². The molecule has 0 aromatic carbocycles. The van der Waals surface area contributed by atoms with E-state index in [4.69, 9.17) is 10.2 Å². The zero-order chi connectivity index (χ0) is 17.2. The van der Waals surface area contributed by atoms with Crippen LogP contribution in [-0.2, 0) is 0 Å². The summed E-state index contributed by atoms with van der Waals surface area (Å²) < 4.78 is 0. The van der Waals surface area contributed by atoms with Gasteiger partial charge in [0.2, 0.25) is 0 Å². The lowest BCUT2D eigenvalue weighted by atomic mass is 10.0. The van der Waals surface area contributed by atoms with E-state index in [1.54, 1.807) is 0 Å². The number of aliphatic hydroxyl groups excluding tert-OH is 2. The van der Waals surface area contributed by atoms with Crippen molar-refractivity contribution < 1.29 is 15.3 Å². The zero-order valence-electron chi connectivity index (χ0n) is 15.7. The molecule has 0 bridgehead atoms. The average molecular weight is 429 g/mol. The number of rotatable bonds is 18. The molecule has 0 heterocycles. The van der Waals surface area contributed by atoms with E-state index in [1.165, 1.54) is 89.9 Å². The fourth-order valence-corrected chi connectivity index (χ4v) is 4.01. The van der Waals surface area contributed by atoms with Gasteiger partial charge in [-0.3, -0.25) is 0 Å². The lowest BCUT2D eigenvalue weighted by Gasteiger charge is -2.11. The van der Waals surface area contributed by atoms with E-state index in [0.717, 1.165) is 6.16 Å². The molecule has 0 aliphatic rings. The highest BCUT2D eigenvalue weighted by Crippen LogP contribution is 2.17. The van der Waals surface area contributed by atoms with Crippen LogP contribution >= 0.6 is 25.6 Å². The van der Waals surface area contributed by atoms with Crippen molar-refractivity contribution in [3.8, 4) is 0 Å². The van der Waals surface area contributed by atoms with Crippen LogP contribution in [0.15, 0.2) is 0 Å². The van der Waals surface area contributed by atoms with Crippen molar-refractivity contribution in [2.24, 2.45) is 0 Å². The molecule has 0 rings (SSSR count). The van der Waals surface area contributed by atoms with Crippen LogP contribution in [0.2, 0.25) is 0 Å². The lowest BCUT2D eigenvalue weighted by molar-refractivity contribution is -0.112. The minimum absolute atomic E-state index is 0. The van der Waals surface area contributed by atoms with E-state index in [-0.39, 0.29) is 17.0 Å². The number of hydrogen-bond donors (Lipinski definition) is 3. The molecule has 3 N–H and O–H groups in total. The summed E-state index contributed by atoms with van der Waals surface area (Å²) in [6.07, 6.45) is 18.4. The first-order valence-electron chi connectivity index (χ1n) is 9.93. The molecule has 24 heavy (non-hydrogen) atoms. The van der Waals surface area contributed by atoms with Gasteiger partial charge < -0.3 is 15.3 Å².